The molecule has 1 heterocycles. The summed E-state index contributed by atoms with van der Waals surface area (Å²) in [6.07, 6.45) is -4.42. The van der Waals surface area contributed by atoms with Gasteiger partial charge in [0, 0.05) is 18.7 Å². The van der Waals surface area contributed by atoms with Gasteiger partial charge in [0.15, 0.2) is 6.61 Å². The SMILES string of the molecule is CC(C(=O)Nc1ccccc1OCC(F)(F)F)=C1CNC1. The van der Waals surface area contributed by atoms with E-state index < -0.39 is 12.8 Å². The van der Waals surface area contributed by atoms with E-state index in [0.717, 1.165) is 5.57 Å². The number of hydrogen-bond donors (Lipinski definition) is 2. The van der Waals surface area contributed by atoms with Crippen LogP contribution in [-0.2, 0) is 4.79 Å². The van der Waals surface area contributed by atoms with Crippen molar-refractivity contribution in [1.29, 1.82) is 0 Å². The van der Waals surface area contributed by atoms with Crippen LogP contribution in [0.2, 0.25) is 0 Å². The van der Waals surface area contributed by atoms with Crippen molar-refractivity contribution in [2.24, 2.45) is 0 Å². The average Bonchev–Trinajstić information content (AvgIpc) is 2.34. The molecule has 7 heteroatoms. The zero-order valence-electron chi connectivity index (χ0n) is 11.4. The number of carbonyl (C=O) groups is 1. The Morgan fingerprint density at radius 3 is 2.57 bits per heavy atom. The molecular weight excluding hydrogens is 285 g/mol. The number of carbonyl (C=O) groups excluding carboxylic acids is 1. The fraction of sp³-hybridized carbons (Fsp3) is 0.357. The smallest absolute Gasteiger partial charge is 0.422 e. The fourth-order valence-corrected chi connectivity index (χ4v) is 1.75. The molecule has 0 radical (unpaired) electrons. The highest BCUT2D eigenvalue weighted by Crippen LogP contribution is 2.27. The fourth-order valence-electron chi connectivity index (χ4n) is 1.75. The third-order valence-electron chi connectivity index (χ3n) is 3.07. The van der Waals surface area contributed by atoms with Crippen molar-refractivity contribution in [2.45, 2.75) is 13.1 Å². The number of amides is 1. The van der Waals surface area contributed by atoms with E-state index in [1.165, 1.54) is 12.1 Å². The third kappa shape index (κ3) is 4.22. The zero-order chi connectivity index (χ0) is 15.5. The minimum absolute atomic E-state index is 0.00675. The van der Waals surface area contributed by atoms with Gasteiger partial charge in [0.1, 0.15) is 5.75 Å². The quantitative estimate of drug-likeness (QED) is 0.840. The van der Waals surface area contributed by atoms with Crippen LogP contribution in [0.15, 0.2) is 35.4 Å². The third-order valence-corrected chi connectivity index (χ3v) is 3.07. The molecular formula is C14H15F3N2O2. The van der Waals surface area contributed by atoms with Crippen molar-refractivity contribution < 1.29 is 22.7 Å². The molecule has 1 amide bonds. The molecule has 1 fully saturated rings. The number of ether oxygens (including phenoxy) is 1. The van der Waals surface area contributed by atoms with E-state index in [4.69, 9.17) is 4.74 Å². The predicted octanol–water partition coefficient (Wildman–Crippen LogP) is 2.49. The van der Waals surface area contributed by atoms with Crippen molar-refractivity contribution in [3.8, 4) is 5.75 Å². The molecule has 0 spiro atoms. The Morgan fingerprint density at radius 2 is 2.00 bits per heavy atom. The van der Waals surface area contributed by atoms with Gasteiger partial charge in [0.2, 0.25) is 0 Å². The summed E-state index contributed by atoms with van der Waals surface area (Å²) in [4.78, 5) is 12.0. The Bertz CT molecular complexity index is 562. The number of nitrogens with one attached hydrogen (secondary N) is 2. The Balaban J connectivity index is 2.07. The van der Waals surface area contributed by atoms with E-state index in [1.54, 1.807) is 19.1 Å². The molecule has 21 heavy (non-hydrogen) atoms. The molecule has 0 bridgehead atoms. The van der Waals surface area contributed by atoms with Gasteiger partial charge in [0.05, 0.1) is 5.69 Å². The van der Waals surface area contributed by atoms with Gasteiger partial charge in [-0.25, -0.2) is 0 Å². The maximum absolute atomic E-state index is 12.2. The van der Waals surface area contributed by atoms with Crippen molar-refractivity contribution in [3.63, 3.8) is 0 Å². The van der Waals surface area contributed by atoms with Crippen molar-refractivity contribution in [3.05, 3.63) is 35.4 Å². The number of hydrogen-bond acceptors (Lipinski definition) is 3. The van der Waals surface area contributed by atoms with Crippen molar-refractivity contribution in [1.82, 2.24) is 5.32 Å². The van der Waals surface area contributed by atoms with Crippen LogP contribution < -0.4 is 15.4 Å². The summed E-state index contributed by atoms with van der Waals surface area (Å²) in [5, 5.41) is 5.60. The molecule has 1 aromatic carbocycles. The van der Waals surface area contributed by atoms with E-state index in [9.17, 15) is 18.0 Å². The first-order chi connectivity index (χ1) is 9.87. The number of para-hydroxylation sites is 2. The largest absolute Gasteiger partial charge is 0.482 e. The lowest BCUT2D eigenvalue weighted by Gasteiger charge is -2.21. The molecule has 0 atom stereocenters. The molecule has 4 nitrogen and oxygen atoms in total. The lowest BCUT2D eigenvalue weighted by Crippen LogP contribution is -2.36. The van der Waals surface area contributed by atoms with Crippen LogP contribution in [0.5, 0.6) is 5.75 Å². The maximum atomic E-state index is 12.2. The highest BCUT2D eigenvalue weighted by atomic mass is 19.4. The van der Waals surface area contributed by atoms with Crippen LogP contribution >= 0.6 is 0 Å². The molecule has 1 saturated heterocycles. The van der Waals surface area contributed by atoms with Crippen LogP contribution in [0.4, 0.5) is 18.9 Å². The van der Waals surface area contributed by atoms with E-state index in [1.807, 2.05) is 0 Å². The van der Waals surface area contributed by atoms with Gasteiger partial charge < -0.3 is 15.4 Å². The van der Waals surface area contributed by atoms with Gasteiger partial charge >= 0.3 is 6.18 Å². The van der Waals surface area contributed by atoms with Crippen LogP contribution in [0.25, 0.3) is 0 Å². The number of benzene rings is 1. The molecule has 0 unspecified atom stereocenters. The molecule has 114 valence electrons. The average molecular weight is 300 g/mol. The molecule has 0 saturated carbocycles. The van der Waals surface area contributed by atoms with Crippen molar-refractivity contribution in [2.75, 3.05) is 25.0 Å². The van der Waals surface area contributed by atoms with Gasteiger partial charge in [-0.2, -0.15) is 13.2 Å². The topological polar surface area (TPSA) is 50.4 Å². The van der Waals surface area contributed by atoms with Crippen LogP contribution in [0, 0.1) is 0 Å². The predicted molar refractivity (Wildman–Crippen MR) is 72.2 cm³/mol. The molecule has 1 aromatic rings. The first-order valence-electron chi connectivity index (χ1n) is 6.36. The minimum atomic E-state index is -4.42. The molecule has 0 aliphatic carbocycles. The first kappa shape index (κ1) is 15.4. The number of halogens is 3. The molecule has 0 aromatic heterocycles. The Hall–Kier alpha value is -2.02. The van der Waals surface area contributed by atoms with Gasteiger partial charge in [-0.15, -0.1) is 0 Å². The monoisotopic (exact) mass is 300 g/mol. The maximum Gasteiger partial charge on any atom is 0.422 e. The van der Waals surface area contributed by atoms with E-state index >= 15 is 0 Å². The molecule has 1 aliphatic rings. The lowest BCUT2D eigenvalue weighted by atomic mass is 10.0. The molecule has 2 rings (SSSR count). The second-order valence-corrected chi connectivity index (χ2v) is 4.69. The number of anilines is 1. The summed E-state index contributed by atoms with van der Waals surface area (Å²) in [6, 6.07) is 6.04. The highest BCUT2D eigenvalue weighted by Gasteiger charge is 2.29. The van der Waals surface area contributed by atoms with Crippen LogP contribution in [-0.4, -0.2) is 31.8 Å². The van der Waals surface area contributed by atoms with E-state index in [0.29, 0.717) is 18.7 Å². The summed E-state index contributed by atoms with van der Waals surface area (Å²) in [7, 11) is 0. The zero-order valence-corrected chi connectivity index (χ0v) is 11.4. The van der Waals surface area contributed by atoms with Crippen LogP contribution in [0.1, 0.15) is 6.92 Å². The van der Waals surface area contributed by atoms with E-state index in [-0.39, 0.29) is 17.3 Å². The normalized spacial score (nSPS) is 14.4. The van der Waals surface area contributed by atoms with Gasteiger partial charge in [-0.05, 0) is 24.6 Å². The van der Waals surface area contributed by atoms with Crippen molar-refractivity contribution >= 4 is 11.6 Å². The van der Waals surface area contributed by atoms with Gasteiger partial charge in [0.25, 0.3) is 5.91 Å². The molecule has 1 aliphatic heterocycles. The summed E-state index contributed by atoms with van der Waals surface area (Å²) >= 11 is 0. The summed E-state index contributed by atoms with van der Waals surface area (Å²) in [5.74, 6) is -0.345. The van der Waals surface area contributed by atoms with Crippen LogP contribution in [0.3, 0.4) is 0 Å². The minimum Gasteiger partial charge on any atom is -0.482 e. The van der Waals surface area contributed by atoms with Gasteiger partial charge in [-0.1, -0.05) is 12.1 Å². The summed E-state index contributed by atoms with van der Waals surface area (Å²) < 4.78 is 41.3. The number of rotatable bonds is 4. The standard InChI is InChI=1S/C14H15F3N2O2/c1-9(10-6-18-7-10)13(20)19-11-4-2-3-5-12(11)21-8-14(15,16)17/h2-5,18H,6-8H2,1H3,(H,19,20). The lowest BCUT2D eigenvalue weighted by molar-refractivity contribution is -0.153. The second kappa shape index (κ2) is 6.17. The summed E-state index contributed by atoms with van der Waals surface area (Å²) in [5.41, 5.74) is 1.78. The summed E-state index contributed by atoms with van der Waals surface area (Å²) in [6.45, 7) is 1.60. The first-order valence-corrected chi connectivity index (χ1v) is 6.36. The molecule has 2 N–H and O–H groups in total. The highest BCUT2D eigenvalue weighted by molar-refractivity contribution is 6.04. The van der Waals surface area contributed by atoms with E-state index in [2.05, 4.69) is 10.6 Å². The Labute approximate surface area is 120 Å². The Kier molecular flexibility index (Phi) is 4.52. The number of alkyl halides is 3. The Morgan fingerprint density at radius 1 is 1.33 bits per heavy atom. The van der Waals surface area contributed by atoms with Gasteiger partial charge in [-0.3, -0.25) is 4.79 Å². The second-order valence-electron chi connectivity index (χ2n) is 4.69.